The number of rotatable bonds is 2. The van der Waals surface area contributed by atoms with Crippen LogP contribution in [-0.2, 0) is 13.6 Å². The van der Waals surface area contributed by atoms with Gasteiger partial charge in [-0.05, 0) is 25.3 Å². The van der Waals surface area contributed by atoms with E-state index in [1.807, 2.05) is 24.2 Å². The zero-order chi connectivity index (χ0) is 11.4. The highest BCUT2D eigenvalue weighted by Crippen LogP contribution is 2.08. The van der Waals surface area contributed by atoms with Gasteiger partial charge >= 0.3 is 6.03 Å². The molecule has 0 aliphatic carbocycles. The van der Waals surface area contributed by atoms with Crippen LogP contribution in [0.1, 0.15) is 25.0 Å². The summed E-state index contributed by atoms with van der Waals surface area (Å²) in [7, 11) is 1.87. The molecule has 2 rings (SSSR count). The van der Waals surface area contributed by atoms with Gasteiger partial charge in [0.15, 0.2) is 0 Å². The molecule has 1 aromatic rings. The first kappa shape index (κ1) is 11.0. The van der Waals surface area contributed by atoms with Crippen molar-refractivity contribution in [1.29, 1.82) is 0 Å². The number of amides is 2. The number of carbonyl (C=O) groups excluding carboxylic acids is 1. The van der Waals surface area contributed by atoms with E-state index in [0.29, 0.717) is 6.54 Å². The Labute approximate surface area is 95.4 Å². The van der Waals surface area contributed by atoms with Crippen molar-refractivity contribution < 1.29 is 4.79 Å². The molecular weight excluding hydrogens is 204 g/mol. The number of aryl methyl sites for hydroxylation is 1. The summed E-state index contributed by atoms with van der Waals surface area (Å²) < 4.78 is 1.74. The van der Waals surface area contributed by atoms with E-state index in [4.69, 9.17) is 0 Å². The first-order valence-corrected chi connectivity index (χ1v) is 5.77. The first-order chi connectivity index (χ1) is 7.75. The minimum Gasteiger partial charge on any atom is -0.332 e. The fourth-order valence-corrected chi connectivity index (χ4v) is 1.93. The summed E-state index contributed by atoms with van der Waals surface area (Å²) in [6.45, 7) is 2.28. The third-order valence-electron chi connectivity index (χ3n) is 2.83. The van der Waals surface area contributed by atoms with Gasteiger partial charge in [0.05, 0.1) is 12.2 Å². The van der Waals surface area contributed by atoms with Crippen LogP contribution >= 0.6 is 0 Å². The van der Waals surface area contributed by atoms with Crippen molar-refractivity contribution in [1.82, 2.24) is 20.0 Å². The Balaban J connectivity index is 1.78. The molecule has 1 fully saturated rings. The van der Waals surface area contributed by atoms with Gasteiger partial charge in [-0.25, -0.2) is 4.79 Å². The summed E-state index contributed by atoms with van der Waals surface area (Å²) in [4.78, 5) is 13.6. The predicted octanol–water partition coefficient (Wildman–Crippen LogP) is 1.12. The summed E-state index contributed by atoms with van der Waals surface area (Å²) in [6, 6.07) is 1.95. The standard InChI is InChI=1S/C11H18N4O/c1-14-8-5-10(13-14)9-12-11(16)15-6-3-2-4-7-15/h5,8H,2-4,6-7,9H2,1H3,(H,12,16). The van der Waals surface area contributed by atoms with E-state index in [9.17, 15) is 4.79 Å². The van der Waals surface area contributed by atoms with Crippen LogP contribution in [0.15, 0.2) is 12.3 Å². The number of likely N-dealkylation sites (tertiary alicyclic amines) is 1. The lowest BCUT2D eigenvalue weighted by Crippen LogP contribution is -2.42. The second-order valence-electron chi connectivity index (χ2n) is 4.19. The zero-order valence-electron chi connectivity index (χ0n) is 9.65. The Morgan fingerprint density at radius 2 is 2.19 bits per heavy atom. The van der Waals surface area contributed by atoms with E-state index in [0.717, 1.165) is 31.6 Å². The summed E-state index contributed by atoms with van der Waals surface area (Å²) in [5, 5.41) is 7.10. The molecule has 0 radical (unpaired) electrons. The van der Waals surface area contributed by atoms with Crippen molar-refractivity contribution in [2.45, 2.75) is 25.8 Å². The van der Waals surface area contributed by atoms with Gasteiger partial charge in [-0.1, -0.05) is 0 Å². The van der Waals surface area contributed by atoms with Crippen LogP contribution in [0.4, 0.5) is 4.79 Å². The van der Waals surface area contributed by atoms with Gasteiger partial charge < -0.3 is 10.2 Å². The van der Waals surface area contributed by atoms with E-state index in [2.05, 4.69) is 10.4 Å². The van der Waals surface area contributed by atoms with Gasteiger partial charge in [0.25, 0.3) is 0 Å². The molecule has 5 nitrogen and oxygen atoms in total. The van der Waals surface area contributed by atoms with Crippen LogP contribution in [0.5, 0.6) is 0 Å². The van der Waals surface area contributed by atoms with Gasteiger partial charge in [-0.15, -0.1) is 0 Å². The molecule has 1 saturated heterocycles. The highest BCUT2D eigenvalue weighted by Gasteiger charge is 2.15. The molecule has 0 aromatic carbocycles. The van der Waals surface area contributed by atoms with Crippen LogP contribution < -0.4 is 5.32 Å². The molecule has 0 unspecified atom stereocenters. The van der Waals surface area contributed by atoms with Crippen molar-refractivity contribution in [3.05, 3.63) is 18.0 Å². The van der Waals surface area contributed by atoms with Crippen LogP contribution in [-0.4, -0.2) is 33.8 Å². The lowest BCUT2D eigenvalue weighted by molar-refractivity contribution is 0.186. The third-order valence-corrected chi connectivity index (χ3v) is 2.83. The molecule has 2 amide bonds. The third kappa shape index (κ3) is 2.74. The van der Waals surface area contributed by atoms with E-state index < -0.39 is 0 Å². The SMILES string of the molecule is Cn1ccc(CNC(=O)N2CCCCC2)n1. The zero-order valence-corrected chi connectivity index (χ0v) is 9.65. The number of urea groups is 1. The summed E-state index contributed by atoms with van der Waals surface area (Å²) >= 11 is 0. The molecular formula is C11H18N4O. The monoisotopic (exact) mass is 222 g/mol. The number of hydrogen-bond donors (Lipinski definition) is 1. The Kier molecular flexibility index (Phi) is 3.44. The molecule has 1 aliphatic rings. The number of nitrogens with one attached hydrogen (secondary N) is 1. The van der Waals surface area contributed by atoms with Gasteiger partial charge in [0, 0.05) is 26.3 Å². The average Bonchev–Trinajstić information content (AvgIpc) is 2.73. The summed E-state index contributed by atoms with van der Waals surface area (Å²) in [5.74, 6) is 0. The maximum atomic E-state index is 11.8. The van der Waals surface area contributed by atoms with Crippen molar-refractivity contribution >= 4 is 6.03 Å². The molecule has 0 bridgehead atoms. The minimum absolute atomic E-state index is 0.0327. The van der Waals surface area contributed by atoms with Crippen LogP contribution in [0, 0.1) is 0 Å². The van der Waals surface area contributed by atoms with Crippen LogP contribution in [0.25, 0.3) is 0 Å². The van der Waals surface area contributed by atoms with Crippen molar-refractivity contribution in [2.75, 3.05) is 13.1 Å². The van der Waals surface area contributed by atoms with Gasteiger partial charge in [-0.2, -0.15) is 5.10 Å². The normalized spacial score (nSPS) is 16.2. The Bertz CT molecular complexity index is 355. The molecule has 1 N–H and O–H groups in total. The fourth-order valence-electron chi connectivity index (χ4n) is 1.93. The molecule has 1 aliphatic heterocycles. The molecule has 1 aromatic heterocycles. The summed E-state index contributed by atoms with van der Waals surface area (Å²) in [6.07, 6.45) is 5.36. The summed E-state index contributed by atoms with van der Waals surface area (Å²) in [5.41, 5.74) is 0.896. The first-order valence-electron chi connectivity index (χ1n) is 5.77. The molecule has 5 heteroatoms. The van der Waals surface area contributed by atoms with Crippen molar-refractivity contribution in [3.63, 3.8) is 0 Å². The van der Waals surface area contributed by atoms with Crippen molar-refractivity contribution in [2.24, 2.45) is 7.05 Å². The number of nitrogens with zero attached hydrogens (tertiary/aromatic N) is 3. The second-order valence-corrected chi connectivity index (χ2v) is 4.19. The highest BCUT2D eigenvalue weighted by atomic mass is 16.2. The molecule has 0 spiro atoms. The molecule has 16 heavy (non-hydrogen) atoms. The maximum absolute atomic E-state index is 11.8. The van der Waals surface area contributed by atoms with E-state index in [1.165, 1.54) is 6.42 Å². The minimum atomic E-state index is 0.0327. The van der Waals surface area contributed by atoms with Gasteiger partial charge in [0.2, 0.25) is 0 Å². The van der Waals surface area contributed by atoms with Crippen LogP contribution in [0.2, 0.25) is 0 Å². The highest BCUT2D eigenvalue weighted by molar-refractivity contribution is 5.74. The number of aromatic nitrogens is 2. The molecule has 0 atom stereocenters. The predicted molar refractivity (Wildman–Crippen MR) is 60.9 cm³/mol. The average molecular weight is 222 g/mol. The van der Waals surface area contributed by atoms with Gasteiger partial charge in [-0.3, -0.25) is 4.68 Å². The van der Waals surface area contributed by atoms with E-state index in [1.54, 1.807) is 4.68 Å². The van der Waals surface area contributed by atoms with E-state index >= 15 is 0 Å². The fraction of sp³-hybridized carbons (Fsp3) is 0.636. The molecule has 0 saturated carbocycles. The second kappa shape index (κ2) is 5.01. The smallest absolute Gasteiger partial charge is 0.317 e. The maximum Gasteiger partial charge on any atom is 0.317 e. The quantitative estimate of drug-likeness (QED) is 0.815. The Morgan fingerprint density at radius 1 is 1.44 bits per heavy atom. The number of piperidine rings is 1. The lowest BCUT2D eigenvalue weighted by Gasteiger charge is -2.26. The van der Waals surface area contributed by atoms with Crippen LogP contribution in [0.3, 0.4) is 0 Å². The van der Waals surface area contributed by atoms with E-state index in [-0.39, 0.29) is 6.03 Å². The topological polar surface area (TPSA) is 50.2 Å². The van der Waals surface area contributed by atoms with Crippen molar-refractivity contribution in [3.8, 4) is 0 Å². The molecule has 88 valence electrons. The Hall–Kier alpha value is -1.52. The largest absolute Gasteiger partial charge is 0.332 e. The number of carbonyl (C=O) groups is 1. The molecule has 2 heterocycles. The number of hydrogen-bond acceptors (Lipinski definition) is 2. The lowest BCUT2D eigenvalue weighted by atomic mass is 10.1. The van der Waals surface area contributed by atoms with Gasteiger partial charge in [0.1, 0.15) is 0 Å². The Morgan fingerprint density at radius 3 is 2.81 bits per heavy atom.